The first-order chi connectivity index (χ1) is 8.16. The van der Waals surface area contributed by atoms with Crippen molar-refractivity contribution in [2.24, 2.45) is 5.92 Å². The molecule has 0 atom stereocenters. The number of hydrogen-bond donors (Lipinski definition) is 1. The Hall–Kier alpha value is -0.460. The highest BCUT2D eigenvalue weighted by Gasteiger charge is 1.96. The van der Waals surface area contributed by atoms with E-state index in [1.807, 2.05) is 0 Å². The molecule has 0 spiro atoms. The topological polar surface area (TPSA) is 12.0 Å². The van der Waals surface area contributed by atoms with Gasteiger partial charge in [-0.3, -0.25) is 0 Å². The molecule has 1 nitrogen and oxygen atoms in total. The summed E-state index contributed by atoms with van der Waals surface area (Å²) in [6.07, 6.45) is 11.9. The first-order valence-corrected chi connectivity index (χ1v) is 7.58. The molecule has 1 N–H and O–H groups in total. The van der Waals surface area contributed by atoms with Crippen LogP contribution >= 0.6 is 0 Å². The number of allylic oxidation sites excluding steroid dienone is 1. The molecular weight excluding hydrogens is 206 g/mol. The van der Waals surface area contributed by atoms with Crippen LogP contribution in [0, 0.1) is 5.92 Å². The molecule has 102 valence electrons. The molecule has 0 aromatic rings. The monoisotopic (exact) mass is 239 g/mol. The largest absolute Gasteiger partial charge is 0.389 e. The van der Waals surface area contributed by atoms with Gasteiger partial charge in [-0.2, -0.15) is 0 Å². The van der Waals surface area contributed by atoms with Crippen molar-refractivity contribution in [3.63, 3.8) is 0 Å². The quantitative estimate of drug-likeness (QED) is 0.457. The van der Waals surface area contributed by atoms with Gasteiger partial charge in [-0.05, 0) is 25.2 Å². The normalized spacial score (nSPS) is 10.8. The van der Waals surface area contributed by atoms with Gasteiger partial charge in [-0.1, -0.05) is 65.9 Å². The summed E-state index contributed by atoms with van der Waals surface area (Å²) >= 11 is 0. The van der Waals surface area contributed by atoms with Gasteiger partial charge in [0.2, 0.25) is 0 Å². The molecule has 0 heterocycles. The lowest BCUT2D eigenvalue weighted by Gasteiger charge is -2.09. The Kier molecular flexibility index (Phi) is 11.7. The van der Waals surface area contributed by atoms with Crippen LogP contribution < -0.4 is 5.32 Å². The molecule has 0 fully saturated rings. The predicted molar refractivity (Wildman–Crippen MR) is 79.2 cm³/mol. The molecule has 1 heteroatoms. The predicted octanol–water partition coefficient (Wildman–Crippen LogP) is 5.28. The lowest BCUT2D eigenvalue weighted by atomic mass is 10.0. The van der Waals surface area contributed by atoms with Crippen LogP contribution in [-0.2, 0) is 0 Å². The molecule has 0 aromatic carbocycles. The second-order valence-corrected chi connectivity index (χ2v) is 5.58. The molecule has 0 rings (SSSR count). The van der Waals surface area contributed by atoms with Crippen molar-refractivity contribution >= 4 is 0 Å². The lowest BCUT2D eigenvalue weighted by molar-refractivity contribution is 0.516. The summed E-state index contributed by atoms with van der Waals surface area (Å²) in [6.45, 7) is 12.0. The molecule has 0 aliphatic carbocycles. The fraction of sp³-hybridized carbons (Fsp3) is 0.875. The summed E-state index contributed by atoms with van der Waals surface area (Å²) in [5, 5.41) is 3.45. The first-order valence-electron chi connectivity index (χ1n) is 7.58. The Labute approximate surface area is 109 Å². The molecule has 0 saturated carbocycles. The third kappa shape index (κ3) is 13.5. The van der Waals surface area contributed by atoms with Gasteiger partial charge >= 0.3 is 0 Å². The van der Waals surface area contributed by atoms with Crippen LogP contribution in [0.5, 0.6) is 0 Å². The summed E-state index contributed by atoms with van der Waals surface area (Å²) in [6, 6.07) is 0. The number of rotatable bonds is 12. The first kappa shape index (κ1) is 16.5. The highest BCUT2D eigenvalue weighted by molar-refractivity contribution is 4.90. The van der Waals surface area contributed by atoms with E-state index in [1.54, 1.807) is 0 Å². The smallest absolute Gasteiger partial charge is 0.0143 e. The van der Waals surface area contributed by atoms with Gasteiger partial charge in [0.1, 0.15) is 0 Å². The van der Waals surface area contributed by atoms with Crippen molar-refractivity contribution < 1.29 is 0 Å². The van der Waals surface area contributed by atoms with Crippen molar-refractivity contribution in [1.82, 2.24) is 5.32 Å². The zero-order chi connectivity index (χ0) is 12.9. The van der Waals surface area contributed by atoms with Gasteiger partial charge in [0.05, 0.1) is 0 Å². The maximum atomic E-state index is 4.07. The Morgan fingerprint density at radius 2 is 1.71 bits per heavy atom. The second kappa shape index (κ2) is 12.0. The fourth-order valence-corrected chi connectivity index (χ4v) is 1.97. The molecular formula is C16H33N. The van der Waals surface area contributed by atoms with E-state index in [-0.39, 0.29) is 0 Å². The minimum Gasteiger partial charge on any atom is -0.389 e. The molecule has 0 aliphatic heterocycles. The Morgan fingerprint density at radius 3 is 2.35 bits per heavy atom. The molecule has 0 bridgehead atoms. The van der Waals surface area contributed by atoms with Gasteiger partial charge < -0.3 is 5.32 Å². The number of unbranched alkanes of at least 4 members (excludes halogenated alkanes) is 5. The standard InChI is InChI=1S/C16H33N/c1-5-6-9-13-16(4)17-14-11-8-7-10-12-15(2)3/h15,17H,4-14H2,1-3H3. The van der Waals surface area contributed by atoms with Crippen molar-refractivity contribution in [2.45, 2.75) is 78.6 Å². The third-order valence-corrected chi connectivity index (χ3v) is 3.17. The summed E-state index contributed by atoms with van der Waals surface area (Å²) in [7, 11) is 0. The number of nitrogens with one attached hydrogen (secondary N) is 1. The van der Waals surface area contributed by atoms with Crippen LogP contribution in [0.4, 0.5) is 0 Å². The zero-order valence-electron chi connectivity index (χ0n) is 12.4. The van der Waals surface area contributed by atoms with E-state index in [1.165, 1.54) is 57.1 Å². The van der Waals surface area contributed by atoms with Gasteiger partial charge in [0.25, 0.3) is 0 Å². The lowest BCUT2D eigenvalue weighted by Crippen LogP contribution is -2.13. The highest BCUT2D eigenvalue weighted by atomic mass is 14.9. The van der Waals surface area contributed by atoms with Crippen molar-refractivity contribution in [3.8, 4) is 0 Å². The van der Waals surface area contributed by atoms with E-state index >= 15 is 0 Å². The van der Waals surface area contributed by atoms with Gasteiger partial charge in [0.15, 0.2) is 0 Å². The van der Waals surface area contributed by atoms with Crippen LogP contribution in [0.25, 0.3) is 0 Å². The van der Waals surface area contributed by atoms with E-state index in [0.717, 1.165) is 18.9 Å². The second-order valence-electron chi connectivity index (χ2n) is 5.58. The molecule has 0 aromatic heterocycles. The van der Waals surface area contributed by atoms with Crippen molar-refractivity contribution in [3.05, 3.63) is 12.3 Å². The molecule has 0 unspecified atom stereocenters. The maximum absolute atomic E-state index is 4.07. The summed E-state index contributed by atoms with van der Waals surface area (Å²) in [5.41, 5.74) is 1.24. The highest BCUT2D eigenvalue weighted by Crippen LogP contribution is 2.09. The van der Waals surface area contributed by atoms with E-state index in [9.17, 15) is 0 Å². The SMILES string of the molecule is C=C(CCCCC)NCCCCCCC(C)C. The van der Waals surface area contributed by atoms with E-state index in [2.05, 4.69) is 32.7 Å². The van der Waals surface area contributed by atoms with Crippen LogP contribution in [0.2, 0.25) is 0 Å². The zero-order valence-corrected chi connectivity index (χ0v) is 12.4. The van der Waals surface area contributed by atoms with Crippen LogP contribution in [0.1, 0.15) is 78.6 Å². The van der Waals surface area contributed by atoms with Crippen LogP contribution in [0.3, 0.4) is 0 Å². The van der Waals surface area contributed by atoms with Gasteiger partial charge in [0, 0.05) is 12.2 Å². The summed E-state index contributed by atoms with van der Waals surface area (Å²) in [5.74, 6) is 0.867. The maximum Gasteiger partial charge on any atom is 0.0143 e. The minimum absolute atomic E-state index is 0.867. The minimum atomic E-state index is 0.867. The summed E-state index contributed by atoms with van der Waals surface area (Å²) in [4.78, 5) is 0. The average molecular weight is 239 g/mol. The Morgan fingerprint density at radius 1 is 1.00 bits per heavy atom. The van der Waals surface area contributed by atoms with E-state index in [0.29, 0.717) is 0 Å². The average Bonchev–Trinajstić information content (AvgIpc) is 2.28. The molecule has 17 heavy (non-hydrogen) atoms. The molecule has 0 saturated heterocycles. The van der Waals surface area contributed by atoms with E-state index < -0.39 is 0 Å². The fourth-order valence-electron chi connectivity index (χ4n) is 1.97. The Bertz CT molecular complexity index is 172. The molecule has 0 aliphatic rings. The number of hydrogen-bond acceptors (Lipinski definition) is 1. The molecule has 0 radical (unpaired) electrons. The van der Waals surface area contributed by atoms with Crippen LogP contribution in [-0.4, -0.2) is 6.54 Å². The molecule has 0 amide bonds. The third-order valence-electron chi connectivity index (χ3n) is 3.17. The van der Waals surface area contributed by atoms with Gasteiger partial charge in [-0.15, -0.1) is 0 Å². The summed E-state index contributed by atoms with van der Waals surface area (Å²) < 4.78 is 0. The van der Waals surface area contributed by atoms with E-state index in [4.69, 9.17) is 0 Å². The van der Waals surface area contributed by atoms with Gasteiger partial charge in [-0.25, -0.2) is 0 Å². The van der Waals surface area contributed by atoms with Crippen molar-refractivity contribution in [1.29, 1.82) is 0 Å². The van der Waals surface area contributed by atoms with Crippen molar-refractivity contribution in [2.75, 3.05) is 6.54 Å². The van der Waals surface area contributed by atoms with Crippen LogP contribution in [0.15, 0.2) is 12.3 Å². The Balaban J connectivity index is 3.14.